The number of amides is 1. The van der Waals surface area contributed by atoms with Crippen molar-refractivity contribution < 1.29 is 19.0 Å². The van der Waals surface area contributed by atoms with E-state index in [4.69, 9.17) is 14.2 Å². The van der Waals surface area contributed by atoms with E-state index in [9.17, 15) is 4.79 Å². The Morgan fingerprint density at radius 1 is 1.25 bits per heavy atom. The van der Waals surface area contributed by atoms with E-state index >= 15 is 0 Å². The van der Waals surface area contributed by atoms with Crippen molar-refractivity contribution >= 4 is 5.91 Å². The van der Waals surface area contributed by atoms with Crippen molar-refractivity contribution in [1.29, 1.82) is 0 Å². The summed E-state index contributed by atoms with van der Waals surface area (Å²) < 4.78 is 15.3. The second kappa shape index (κ2) is 9.57. The molecular weight excluding hydrogens is 210 g/mol. The molecule has 0 saturated carbocycles. The maximum atomic E-state index is 11.5. The summed E-state index contributed by atoms with van der Waals surface area (Å²) in [7, 11) is 3.09. The Bertz CT molecular complexity index is 183. The molecular formula is C11H23NO4. The fourth-order valence-corrected chi connectivity index (χ4v) is 1.31. The summed E-state index contributed by atoms with van der Waals surface area (Å²) in [6.45, 7) is 5.02. The third-order valence-electron chi connectivity index (χ3n) is 2.08. The predicted molar refractivity (Wildman–Crippen MR) is 61.1 cm³/mol. The van der Waals surface area contributed by atoms with Crippen LogP contribution in [0.2, 0.25) is 0 Å². The molecule has 0 aromatic carbocycles. The van der Waals surface area contributed by atoms with Crippen molar-refractivity contribution in [3.05, 3.63) is 0 Å². The average molecular weight is 233 g/mol. The van der Waals surface area contributed by atoms with Gasteiger partial charge >= 0.3 is 0 Å². The number of methoxy groups -OCH3 is 2. The van der Waals surface area contributed by atoms with Gasteiger partial charge in [-0.15, -0.1) is 0 Å². The highest BCUT2D eigenvalue weighted by Crippen LogP contribution is 1.99. The fourth-order valence-electron chi connectivity index (χ4n) is 1.31. The van der Waals surface area contributed by atoms with Gasteiger partial charge in [-0.3, -0.25) is 4.79 Å². The van der Waals surface area contributed by atoms with E-state index in [2.05, 4.69) is 5.32 Å². The third-order valence-corrected chi connectivity index (χ3v) is 2.08. The van der Waals surface area contributed by atoms with Gasteiger partial charge in [-0.1, -0.05) is 6.92 Å². The minimum Gasteiger partial charge on any atom is -0.381 e. The number of carbonyl (C=O) groups excluding carboxylic acids is 1. The molecule has 1 atom stereocenters. The second-order valence-corrected chi connectivity index (χ2v) is 3.56. The Morgan fingerprint density at radius 3 is 2.38 bits per heavy atom. The number of carbonyl (C=O) groups is 1. The van der Waals surface area contributed by atoms with Gasteiger partial charge in [0.15, 0.2) is 6.29 Å². The normalized spacial score (nSPS) is 12.8. The van der Waals surface area contributed by atoms with Crippen LogP contribution in [0.25, 0.3) is 0 Å². The van der Waals surface area contributed by atoms with E-state index in [-0.39, 0.29) is 11.9 Å². The molecule has 5 nitrogen and oxygen atoms in total. The summed E-state index contributed by atoms with van der Waals surface area (Å²) in [6, 6.07) is -0.173. The minimum atomic E-state index is -0.416. The molecule has 0 heterocycles. The molecule has 0 aliphatic carbocycles. The Hall–Kier alpha value is -0.650. The van der Waals surface area contributed by atoms with Crippen LogP contribution in [0.1, 0.15) is 26.7 Å². The van der Waals surface area contributed by atoms with Crippen LogP contribution in [0, 0.1) is 0 Å². The molecule has 1 amide bonds. The van der Waals surface area contributed by atoms with Gasteiger partial charge < -0.3 is 19.5 Å². The van der Waals surface area contributed by atoms with E-state index in [1.54, 1.807) is 14.2 Å². The zero-order valence-corrected chi connectivity index (χ0v) is 10.6. The molecule has 1 N–H and O–H groups in total. The highest BCUT2D eigenvalue weighted by atomic mass is 16.7. The summed E-state index contributed by atoms with van der Waals surface area (Å²) in [5, 5.41) is 2.79. The zero-order valence-electron chi connectivity index (χ0n) is 10.6. The number of nitrogens with one attached hydrogen (secondary N) is 1. The van der Waals surface area contributed by atoms with Crippen molar-refractivity contribution in [3.63, 3.8) is 0 Å². The second-order valence-electron chi connectivity index (χ2n) is 3.56. The fraction of sp³-hybridized carbons (Fsp3) is 0.909. The molecule has 5 heteroatoms. The predicted octanol–water partition coefficient (Wildman–Crippen LogP) is 0.927. The van der Waals surface area contributed by atoms with E-state index in [1.807, 2.05) is 13.8 Å². The Kier molecular flexibility index (Phi) is 9.18. The van der Waals surface area contributed by atoms with Gasteiger partial charge in [0.1, 0.15) is 0 Å². The molecule has 16 heavy (non-hydrogen) atoms. The van der Waals surface area contributed by atoms with Gasteiger partial charge in [-0.2, -0.15) is 0 Å². The highest BCUT2D eigenvalue weighted by molar-refractivity contribution is 5.76. The number of hydrogen-bond donors (Lipinski definition) is 1. The molecule has 0 radical (unpaired) electrons. The number of rotatable bonds is 9. The molecule has 0 rings (SSSR count). The van der Waals surface area contributed by atoms with Crippen LogP contribution in [0.4, 0.5) is 0 Å². The van der Waals surface area contributed by atoms with E-state index in [1.165, 1.54) is 0 Å². The van der Waals surface area contributed by atoms with Crippen LogP contribution in [-0.4, -0.2) is 45.7 Å². The third kappa shape index (κ3) is 6.76. The molecule has 0 aromatic heterocycles. The van der Waals surface area contributed by atoms with Crippen LogP contribution >= 0.6 is 0 Å². The zero-order chi connectivity index (χ0) is 12.4. The average Bonchev–Trinajstić information content (AvgIpc) is 2.26. The van der Waals surface area contributed by atoms with Crippen molar-refractivity contribution in [2.75, 3.05) is 27.4 Å². The van der Waals surface area contributed by atoms with Crippen molar-refractivity contribution in [2.45, 2.75) is 39.0 Å². The molecule has 1 unspecified atom stereocenters. The van der Waals surface area contributed by atoms with Gasteiger partial charge in [-0.05, 0) is 13.3 Å². The monoisotopic (exact) mass is 233 g/mol. The topological polar surface area (TPSA) is 56.8 Å². The largest absolute Gasteiger partial charge is 0.381 e. The van der Waals surface area contributed by atoms with Crippen LogP contribution in [0.5, 0.6) is 0 Å². The summed E-state index contributed by atoms with van der Waals surface area (Å²) >= 11 is 0. The van der Waals surface area contributed by atoms with Gasteiger partial charge in [-0.25, -0.2) is 0 Å². The Labute approximate surface area is 97.4 Å². The highest BCUT2D eigenvalue weighted by Gasteiger charge is 2.17. The van der Waals surface area contributed by atoms with E-state index in [0.717, 1.165) is 6.42 Å². The summed E-state index contributed by atoms with van der Waals surface area (Å²) in [6.07, 6.45) is 0.915. The maximum Gasteiger partial charge on any atom is 0.222 e. The summed E-state index contributed by atoms with van der Waals surface area (Å²) in [4.78, 5) is 11.5. The lowest BCUT2D eigenvalue weighted by atomic mass is 10.3. The molecule has 0 aliphatic heterocycles. The Morgan fingerprint density at radius 2 is 1.88 bits per heavy atom. The van der Waals surface area contributed by atoms with E-state index < -0.39 is 6.29 Å². The van der Waals surface area contributed by atoms with Gasteiger partial charge in [0.25, 0.3) is 0 Å². The molecule has 0 saturated heterocycles. The van der Waals surface area contributed by atoms with Crippen LogP contribution in [-0.2, 0) is 19.0 Å². The first-order valence-electron chi connectivity index (χ1n) is 5.58. The van der Waals surface area contributed by atoms with Gasteiger partial charge in [0, 0.05) is 27.2 Å². The van der Waals surface area contributed by atoms with Crippen molar-refractivity contribution in [3.8, 4) is 0 Å². The number of hydrogen-bond acceptors (Lipinski definition) is 4. The smallest absolute Gasteiger partial charge is 0.222 e. The molecule has 0 spiro atoms. The first kappa shape index (κ1) is 15.3. The lowest BCUT2D eigenvalue weighted by Gasteiger charge is -2.22. The van der Waals surface area contributed by atoms with Crippen molar-refractivity contribution in [2.24, 2.45) is 0 Å². The Balaban J connectivity index is 3.68. The SMILES string of the molecule is CCCOCCC(=O)NC(C)C(OC)OC. The summed E-state index contributed by atoms with van der Waals surface area (Å²) in [5.74, 6) is -0.0531. The maximum absolute atomic E-state index is 11.5. The lowest BCUT2D eigenvalue weighted by Crippen LogP contribution is -2.43. The van der Waals surface area contributed by atoms with Crippen LogP contribution in [0.3, 0.4) is 0 Å². The first-order valence-corrected chi connectivity index (χ1v) is 5.58. The van der Waals surface area contributed by atoms with E-state index in [0.29, 0.717) is 19.6 Å². The quantitative estimate of drug-likeness (QED) is 0.475. The molecule has 0 bridgehead atoms. The number of ether oxygens (including phenoxy) is 3. The van der Waals surface area contributed by atoms with Gasteiger partial charge in [0.2, 0.25) is 5.91 Å². The lowest BCUT2D eigenvalue weighted by molar-refractivity contribution is -0.136. The van der Waals surface area contributed by atoms with Crippen LogP contribution in [0.15, 0.2) is 0 Å². The molecule has 96 valence electrons. The van der Waals surface area contributed by atoms with Crippen LogP contribution < -0.4 is 5.32 Å². The minimum absolute atomic E-state index is 0.0531. The molecule has 0 fully saturated rings. The standard InChI is InChI=1S/C11H23NO4/c1-5-7-16-8-6-10(13)12-9(2)11(14-3)15-4/h9,11H,5-8H2,1-4H3,(H,12,13). The molecule has 0 aliphatic rings. The van der Waals surface area contributed by atoms with Crippen molar-refractivity contribution in [1.82, 2.24) is 5.32 Å². The molecule has 0 aromatic rings. The summed E-state index contributed by atoms with van der Waals surface area (Å²) in [5.41, 5.74) is 0. The first-order chi connectivity index (χ1) is 7.65. The van der Waals surface area contributed by atoms with Gasteiger partial charge in [0.05, 0.1) is 12.6 Å².